The molecule has 0 fully saturated rings. The van der Waals surface area contributed by atoms with E-state index in [0.717, 1.165) is 21.9 Å². The molecule has 0 aromatic heterocycles. The molecule has 0 saturated carbocycles. The van der Waals surface area contributed by atoms with Crippen molar-refractivity contribution in [1.82, 2.24) is 0 Å². The van der Waals surface area contributed by atoms with Crippen LogP contribution >= 0.6 is 11.6 Å². The predicted octanol–water partition coefficient (Wildman–Crippen LogP) is 4.71. The number of halogens is 1. The van der Waals surface area contributed by atoms with Gasteiger partial charge in [0.15, 0.2) is 0 Å². The third-order valence-electron chi connectivity index (χ3n) is 4.31. The second-order valence-corrected chi connectivity index (χ2v) is 6.12. The Morgan fingerprint density at radius 2 is 1.75 bits per heavy atom. The first kappa shape index (κ1) is 14.6. The molecule has 0 amide bonds. The van der Waals surface area contributed by atoms with Crippen LogP contribution in [0.3, 0.4) is 0 Å². The fourth-order valence-electron chi connectivity index (χ4n) is 3.18. The van der Waals surface area contributed by atoms with Gasteiger partial charge in [-0.1, -0.05) is 60.1 Å². The lowest BCUT2D eigenvalue weighted by atomic mass is 9.82. The van der Waals surface area contributed by atoms with Gasteiger partial charge in [-0.2, -0.15) is 5.26 Å². The van der Waals surface area contributed by atoms with Crippen molar-refractivity contribution in [2.45, 2.75) is 5.92 Å². The van der Waals surface area contributed by atoms with Gasteiger partial charge in [0.05, 0.1) is 5.92 Å². The third-order valence-corrected chi connectivity index (χ3v) is 4.56. The zero-order chi connectivity index (χ0) is 16.7. The van der Waals surface area contributed by atoms with Crippen LogP contribution in [-0.4, -0.2) is 0 Å². The molecule has 1 atom stereocenters. The van der Waals surface area contributed by atoms with Crippen molar-refractivity contribution < 1.29 is 4.74 Å². The summed E-state index contributed by atoms with van der Waals surface area (Å²) in [4.78, 5) is 0. The van der Waals surface area contributed by atoms with Crippen LogP contribution in [0, 0.1) is 11.3 Å². The van der Waals surface area contributed by atoms with Crippen molar-refractivity contribution in [3.8, 4) is 11.8 Å². The Labute approximate surface area is 144 Å². The van der Waals surface area contributed by atoms with E-state index < -0.39 is 0 Å². The number of allylic oxidation sites excluding steroid dienone is 1. The summed E-state index contributed by atoms with van der Waals surface area (Å²) in [5.41, 5.74) is 8.37. The van der Waals surface area contributed by atoms with Crippen LogP contribution in [0.25, 0.3) is 10.8 Å². The average Bonchev–Trinajstić information content (AvgIpc) is 2.61. The first-order chi connectivity index (χ1) is 11.7. The van der Waals surface area contributed by atoms with Crippen LogP contribution in [0.1, 0.15) is 17.0 Å². The van der Waals surface area contributed by atoms with Gasteiger partial charge >= 0.3 is 0 Å². The fraction of sp³-hybridized carbons (Fsp3) is 0.0500. The molecule has 1 aliphatic heterocycles. The van der Waals surface area contributed by atoms with Crippen LogP contribution in [0.15, 0.2) is 72.1 Å². The Morgan fingerprint density at radius 3 is 2.50 bits per heavy atom. The molecule has 1 aliphatic rings. The summed E-state index contributed by atoms with van der Waals surface area (Å²) in [7, 11) is 0. The Morgan fingerprint density at radius 1 is 1.00 bits per heavy atom. The largest absolute Gasteiger partial charge is 0.440 e. The molecule has 3 nitrogen and oxygen atoms in total. The maximum atomic E-state index is 9.59. The van der Waals surface area contributed by atoms with E-state index in [9.17, 15) is 5.26 Å². The number of nitriles is 1. The Bertz CT molecular complexity index is 1020. The maximum Gasteiger partial charge on any atom is 0.205 e. The van der Waals surface area contributed by atoms with Crippen molar-refractivity contribution in [2.24, 2.45) is 5.73 Å². The van der Waals surface area contributed by atoms with Crippen LogP contribution in [0.4, 0.5) is 0 Å². The summed E-state index contributed by atoms with van der Waals surface area (Å²) < 4.78 is 5.83. The summed E-state index contributed by atoms with van der Waals surface area (Å²) in [6.45, 7) is 0. The standard InChI is InChI=1S/C20H13ClN2O/c21-14-8-5-13(6-9-14)18-16-10-7-12-3-1-2-4-15(12)19(16)24-20(23)17(18)11-22/h1-10,18H,23H2. The summed E-state index contributed by atoms with van der Waals surface area (Å²) in [5.74, 6) is 0.603. The van der Waals surface area contributed by atoms with Crippen molar-refractivity contribution in [2.75, 3.05) is 0 Å². The van der Waals surface area contributed by atoms with Crippen LogP contribution < -0.4 is 10.5 Å². The highest BCUT2D eigenvalue weighted by Gasteiger charge is 2.31. The average molecular weight is 333 g/mol. The lowest BCUT2D eigenvalue weighted by Gasteiger charge is -2.27. The van der Waals surface area contributed by atoms with Gasteiger partial charge in [-0.25, -0.2) is 0 Å². The van der Waals surface area contributed by atoms with Gasteiger partial charge in [0.2, 0.25) is 5.88 Å². The molecular weight excluding hydrogens is 320 g/mol. The number of rotatable bonds is 1. The van der Waals surface area contributed by atoms with Crippen LogP contribution in [-0.2, 0) is 0 Å². The maximum absolute atomic E-state index is 9.59. The number of nitrogens with two attached hydrogens (primary N) is 1. The summed E-state index contributed by atoms with van der Waals surface area (Å²) in [5, 5.41) is 12.3. The monoisotopic (exact) mass is 332 g/mol. The molecule has 3 aromatic carbocycles. The van der Waals surface area contributed by atoms with E-state index in [1.165, 1.54) is 0 Å². The van der Waals surface area contributed by atoms with Crippen molar-refractivity contribution in [3.05, 3.63) is 88.3 Å². The van der Waals surface area contributed by atoms with E-state index in [4.69, 9.17) is 22.1 Å². The number of fused-ring (bicyclic) bond motifs is 3. The van der Waals surface area contributed by atoms with Gasteiger partial charge in [0.25, 0.3) is 0 Å². The van der Waals surface area contributed by atoms with Gasteiger partial charge in [-0.3, -0.25) is 0 Å². The van der Waals surface area contributed by atoms with Gasteiger partial charge in [0, 0.05) is 16.0 Å². The van der Waals surface area contributed by atoms with Gasteiger partial charge in [0.1, 0.15) is 17.4 Å². The number of hydrogen-bond donors (Lipinski definition) is 1. The lowest BCUT2D eigenvalue weighted by molar-refractivity contribution is 0.398. The Balaban J connectivity index is 2.00. The summed E-state index contributed by atoms with van der Waals surface area (Å²) in [6, 6.07) is 21.7. The zero-order valence-corrected chi connectivity index (χ0v) is 13.4. The second kappa shape index (κ2) is 5.59. The highest BCUT2D eigenvalue weighted by molar-refractivity contribution is 6.30. The molecule has 0 radical (unpaired) electrons. The predicted molar refractivity (Wildman–Crippen MR) is 94.7 cm³/mol. The van der Waals surface area contributed by atoms with Gasteiger partial charge in [-0.05, 0) is 23.1 Å². The molecule has 0 saturated heterocycles. The van der Waals surface area contributed by atoms with E-state index >= 15 is 0 Å². The van der Waals surface area contributed by atoms with Gasteiger partial charge in [-0.15, -0.1) is 0 Å². The first-order valence-corrected chi connectivity index (χ1v) is 7.91. The van der Waals surface area contributed by atoms with Crippen molar-refractivity contribution in [3.63, 3.8) is 0 Å². The molecule has 2 N–H and O–H groups in total. The number of nitrogens with zero attached hydrogens (tertiary/aromatic N) is 1. The molecule has 1 unspecified atom stereocenters. The number of hydrogen-bond acceptors (Lipinski definition) is 3. The van der Waals surface area contributed by atoms with Gasteiger partial charge < -0.3 is 10.5 Å². The molecule has 0 spiro atoms. The minimum atomic E-state index is -0.263. The Hall–Kier alpha value is -2.96. The summed E-state index contributed by atoms with van der Waals surface area (Å²) in [6.07, 6.45) is 0. The highest BCUT2D eigenvalue weighted by atomic mass is 35.5. The van der Waals surface area contributed by atoms with Crippen LogP contribution in [0.2, 0.25) is 5.02 Å². The van der Waals surface area contributed by atoms with E-state index in [1.807, 2.05) is 60.7 Å². The third kappa shape index (κ3) is 2.20. The second-order valence-electron chi connectivity index (χ2n) is 5.68. The minimum Gasteiger partial charge on any atom is -0.440 e. The zero-order valence-electron chi connectivity index (χ0n) is 12.7. The molecule has 4 heteroatoms. The SMILES string of the molecule is N#CC1=C(N)Oc2c(ccc3ccccc23)C1c1ccc(Cl)cc1. The molecule has 1 heterocycles. The molecule has 4 rings (SSSR count). The van der Waals surface area contributed by atoms with Crippen molar-refractivity contribution in [1.29, 1.82) is 5.26 Å². The molecular formula is C20H13ClN2O. The smallest absolute Gasteiger partial charge is 0.205 e. The highest BCUT2D eigenvalue weighted by Crippen LogP contribution is 2.45. The molecule has 0 aliphatic carbocycles. The number of benzene rings is 3. The minimum absolute atomic E-state index is 0.154. The fourth-order valence-corrected chi connectivity index (χ4v) is 3.31. The van der Waals surface area contributed by atoms with E-state index in [2.05, 4.69) is 6.07 Å². The van der Waals surface area contributed by atoms with E-state index in [0.29, 0.717) is 16.3 Å². The topological polar surface area (TPSA) is 59.0 Å². The summed E-state index contributed by atoms with van der Waals surface area (Å²) >= 11 is 6.00. The lowest BCUT2D eigenvalue weighted by Crippen LogP contribution is -2.21. The first-order valence-electron chi connectivity index (χ1n) is 7.53. The van der Waals surface area contributed by atoms with E-state index in [-0.39, 0.29) is 11.8 Å². The molecule has 116 valence electrons. The van der Waals surface area contributed by atoms with Crippen molar-refractivity contribution >= 4 is 22.4 Å². The van der Waals surface area contributed by atoms with E-state index in [1.54, 1.807) is 0 Å². The quantitative estimate of drug-likeness (QED) is 0.702. The number of ether oxygens (including phenoxy) is 1. The Kier molecular flexibility index (Phi) is 3.41. The molecule has 24 heavy (non-hydrogen) atoms. The normalized spacial score (nSPS) is 16.4. The molecule has 3 aromatic rings. The molecule has 0 bridgehead atoms. The van der Waals surface area contributed by atoms with Crippen LogP contribution in [0.5, 0.6) is 5.75 Å².